The van der Waals surface area contributed by atoms with E-state index < -0.39 is 0 Å². The normalized spacial score (nSPS) is 16.0. The van der Waals surface area contributed by atoms with Crippen molar-refractivity contribution in [3.05, 3.63) is 70.8 Å². The lowest BCUT2D eigenvalue weighted by molar-refractivity contribution is -0.135. The highest BCUT2D eigenvalue weighted by atomic mass is 16.2. The number of carbonyl (C=O) groups excluding carboxylic acids is 3. The number of hydrogen-bond donors (Lipinski definition) is 1. The summed E-state index contributed by atoms with van der Waals surface area (Å²) in [6, 6.07) is 15.3. The molecule has 3 amide bonds. The Hall–Kier alpha value is -3.15. The molecule has 1 aliphatic rings. The Kier molecular flexibility index (Phi) is 6.32. The van der Waals surface area contributed by atoms with Crippen LogP contribution in [-0.2, 0) is 22.7 Å². The Labute approximate surface area is 171 Å². The van der Waals surface area contributed by atoms with Crippen LogP contribution in [0.25, 0.3) is 0 Å². The molecule has 3 rings (SSSR count). The van der Waals surface area contributed by atoms with E-state index in [-0.39, 0.29) is 30.1 Å². The molecule has 0 radical (unpaired) electrons. The molecular formula is C23H27N3O3. The number of benzene rings is 2. The Balaban J connectivity index is 1.57. The van der Waals surface area contributed by atoms with E-state index >= 15 is 0 Å². The highest BCUT2D eigenvalue weighted by Crippen LogP contribution is 2.23. The van der Waals surface area contributed by atoms with Crippen LogP contribution >= 0.6 is 0 Å². The van der Waals surface area contributed by atoms with Crippen molar-refractivity contribution in [1.29, 1.82) is 0 Å². The van der Waals surface area contributed by atoms with Crippen molar-refractivity contribution in [1.82, 2.24) is 15.1 Å². The second-order valence-corrected chi connectivity index (χ2v) is 7.63. The summed E-state index contributed by atoms with van der Waals surface area (Å²) >= 11 is 0. The van der Waals surface area contributed by atoms with Crippen molar-refractivity contribution in [3.8, 4) is 0 Å². The monoisotopic (exact) mass is 393 g/mol. The van der Waals surface area contributed by atoms with Gasteiger partial charge in [-0.05, 0) is 30.2 Å². The van der Waals surface area contributed by atoms with Crippen molar-refractivity contribution in [2.75, 3.05) is 20.6 Å². The standard InChI is InChI=1S/C23H27N3O3/c1-16-4-6-18(7-5-16)14-26-15-20(12-21(26)27)23(29)25(3)13-17-8-10-19(11-9-17)22(28)24-2/h4-11,20H,12-15H2,1-3H3,(H,24,28). The lowest BCUT2D eigenvalue weighted by Crippen LogP contribution is -2.34. The minimum Gasteiger partial charge on any atom is -0.355 e. The van der Waals surface area contributed by atoms with Crippen LogP contribution in [0.5, 0.6) is 0 Å². The number of nitrogens with zero attached hydrogens (tertiary/aromatic N) is 2. The third-order valence-corrected chi connectivity index (χ3v) is 5.30. The number of aryl methyl sites for hydroxylation is 1. The fraction of sp³-hybridized carbons (Fsp3) is 0.348. The summed E-state index contributed by atoms with van der Waals surface area (Å²) in [4.78, 5) is 40.3. The molecule has 29 heavy (non-hydrogen) atoms. The van der Waals surface area contributed by atoms with Crippen LogP contribution < -0.4 is 5.32 Å². The second-order valence-electron chi connectivity index (χ2n) is 7.63. The summed E-state index contributed by atoms with van der Waals surface area (Å²) in [6.07, 6.45) is 0.255. The van der Waals surface area contributed by atoms with Crippen LogP contribution in [-0.4, -0.2) is 48.2 Å². The maximum absolute atomic E-state index is 12.8. The van der Waals surface area contributed by atoms with Gasteiger partial charge in [-0.25, -0.2) is 0 Å². The molecule has 6 heteroatoms. The van der Waals surface area contributed by atoms with Gasteiger partial charge in [-0.1, -0.05) is 42.0 Å². The van der Waals surface area contributed by atoms with Gasteiger partial charge in [0.15, 0.2) is 0 Å². The first-order valence-electron chi connectivity index (χ1n) is 9.76. The maximum atomic E-state index is 12.8. The van der Waals surface area contributed by atoms with Crippen molar-refractivity contribution in [2.24, 2.45) is 5.92 Å². The molecule has 6 nitrogen and oxygen atoms in total. The average molecular weight is 393 g/mol. The van der Waals surface area contributed by atoms with Gasteiger partial charge in [-0.15, -0.1) is 0 Å². The lowest BCUT2D eigenvalue weighted by atomic mass is 10.1. The van der Waals surface area contributed by atoms with E-state index in [2.05, 4.69) is 5.32 Å². The smallest absolute Gasteiger partial charge is 0.251 e. The van der Waals surface area contributed by atoms with Crippen molar-refractivity contribution < 1.29 is 14.4 Å². The SMILES string of the molecule is CNC(=O)c1ccc(CN(C)C(=O)C2CC(=O)N(Cc3ccc(C)cc3)C2)cc1. The Morgan fingerprint density at radius 1 is 1.07 bits per heavy atom. The Bertz CT molecular complexity index is 891. The predicted octanol–water partition coefficient (Wildman–Crippen LogP) is 2.36. The van der Waals surface area contributed by atoms with Gasteiger partial charge in [0.25, 0.3) is 5.91 Å². The van der Waals surface area contributed by atoms with E-state index in [4.69, 9.17) is 0 Å². The number of nitrogens with one attached hydrogen (secondary N) is 1. The van der Waals surface area contributed by atoms with Gasteiger partial charge in [-0.2, -0.15) is 0 Å². The molecule has 1 N–H and O–H groups in total. The van der Waals surface area contributed by atoms with Crippen molar-refractivity contribution >= 4 is 17.7 Å². The van der Waals surface area contributed by atoms with E-state index in [1.807, 2.05) is 43.3 Å². The summed E-state index contributed by atoms with van der Waals surface area (Å²) in [6.45, 7) is 3.45. The number of amides is 3. The molecule has 1 heterocycles. The van der Waals surface area contributed by atoms with E-state index in [1.54, 1.807) is 36.0 Å². The van der Waals surface area contributed by atoms with Crippen LogP contribution in [0.2, 0.25) is 0 Å². The quantitative estimate of drug-likeness (QED) is 0.819. The molecule has 0 aromatic heterocycles. The summed E-state index contributed by atoms with van der Waals surface area (Å²) in [7, 11) is 3.34. The van der Waals surface area contributed by atoms with E-state index in [0.717, 1.165) is 11.1 Å². The molecule has 0 aliphatic carbocycles. The molecule has 1 unspecified atom stereocenters. The molecule has 1 saturated heterocycles. The van der Waals surface area contributed by atoms with Gasteiger partial charge in [0.05, 0.1) is 5.92 Å². The summed E-state index contributed by atoms with van der Waals surface area (Å²) in [5, 5.41) is 2.59. The van der Waals surface area contributed by atoms with E-state index in [1.165, 1.54) is 5.56 Å². The van der Waals surface area contributed by atoms with Gasteiger partial charge in [0, 0.05) is 45.7 Å². The molecule has 0 spiro atoms. The number of likely N-dealkylation sites (tertiary alicyclic amines) is 1. The lowest BCUT2D eigenvalue weighted by Gasteiger charge is -2.22. The molecule has 1 aliphatic heterocycles. The summed E-state index contributed by atoms with van der Waals surface area (Å²) in [5.74, 6) is -0.463. The molecule has 152 valence electrons. The molecule has 0 saturated carbocycles. The molecule has 2 aromatic rings. The first-order valence-corrected chi connectivity index (χ1v) is 9.76. The molecule has 1 atom stereocenters. The van der Waals surface area contributed by atoms with Crippen LogP contribution in [0.3, 0.4) is 0 Å². The number of rotatable bonds is 6. The minimum absolute atomic E-state index is 0.0206. The number of hydrogen-bond acceptors (Lipinski definition) is 3. The maximum Gasteiger partial charge on any atom is 0.251 e. The largest absolute Gasteiger partial charge is 0.355 e. The zero-order valence-corrected chi connectivity index (χ0v) is 17.1. The van der Waals surface area contributed by atoms with Crippen molar-refractivity contribution in [2.45, 2.75) is 26.4 Å². The van der Waals surface area contributed by atoms with Crippen LogP contribution in [0.15, 0.2) is 48.5 Å². The second kappa shape index (κ2) is 8.90. The van der Waals surface area contributed by atoms with Gasteiger partial charge in [-0.3, -0.25) is 14.4 Å². The first-order chi connectivity index (χ1) is 13.9. The third kappa shape index (κ3) is 5.02. The van der Waals surface area contributed by atoms with Gasteiger partial charge < -0.3 is 15.1 Å². The zero-order valence-electron chi connectivity index (χ0n) is 17.1. The highest BCUT2D eigenvalue weighted by Gasteiger charge is 2.35. The molecule has 0 bridgehead atoms. The highest BCUT2D eigenvalue weighted by molar-refractivity contribution is 5.94. The summed E-state index contributed by atoms with van der Waals surface area (Å²) in [5.41, 5.74) is 3.77. The average Bonchev–Trinajstić information content (AvgIpc) is 3.09. The Morgan fingerprint density at radius 2 is 1.69 bits per heavy atom. The van der Waals surface area contributed by atoms with Gasteiger partial charge in [0.1, 0.15) is 0 Å². The fourth-order valence-corrected chi connectivity index (χ4v) is 3.57. The molecule has 2 aromatic carbocycles. The van der Waals surface area contributed by atoms with Crippen LogP contribution in [0, 0.1) is 12.8 Å². The first kappa shape index (κ1) is 20.6. The number of carbonyl (C=O) groups is 3. The Morgan fingerprint density at radius 3 is 2.31 bits per heavy atom. The van der Waals surface area contributed by atoms with Crippen LogP contribution in [0.1, 0.15) is 33.5 Å². The topological polar surface area (TPSA) is 69.7 Å². The third-order valence-electron chi connectivity index (χ3n) is 5.30. The van der Waals surface area contributed by atoms with Gasteiger partial charge >= 0.3 is 0 Å². The zero-order chi connectivity index (χ0) is 21.0. The van der Waals surface area contributed by atoms with E-state index in [9.17, 15) is 14.4 Å². The summed E-state index contributed by atoms with van der Waals surface area (Å²) < 4.78 is 0. The predicted molar refractivity (Wildman–Crippen MR) is 111 cm³/mol. The van der Waals surface area contributed by atoms with E-state index in [0.29, 0.717) is 25.2 Å². The van der Waals surface area contributed by atoms with Crippen molar-refractivity contribution in [3.63, 3.8) is 0 Å². The van der Waals surface area contributed by atoms with Gasteiger partial charge in [0.2, 0.25) is 11.8 Å². The minimum atomic E-state index is -0.317. The molecular weight excluding hydrogens is 366 g/mol. The van der Waals surface area contributed by atoms with Crippen LogP contribution in [0.4, 0.5) is 0 Å². The fourth-order valence-electron chi connectivity index (χ4n) is 3.57. The molecule has 1 fully saturated rings.